The molecule has 0 saturated heterocycles. The van der Waals surface area contributed by atoms with Crippen molar-refractivity contribution in [2.75, 3.05) is 0 Å². The van der Waals surface area contributed by atoms with Gasteiger partial charge in [-0.05, 0) is 17.7 Å². The van der Waals surface area contributed by atoms with Gasteiger partial charge < -0.3 is 15.0 Å². The molecule has 76 valence electrons. The molecule has 0 aliphatic rings. The molecule has 0 amide bonds. The number of carboxylic acids is 2. The average molecular weight is 195 g/mol. The summed E-state index contributed by atoms with van der Waals surface area (Å²) in [6.07, 6.45) is 0. The maximum Gasteiger partial charge on any atom is 0.335 e. The molecule has 4 nitrogen and oxygen atoms in total. The summed E-state index contributed by atoms with van der Waals surface area (Å²) < 4.78 is 0. The van der Waals surface area contributed by atoms with Gasteiger partial charge in [0, 0.05) is 0 Å². The van der Waals surface area contributed by atoms with Crippen LogP contribution < -0.4 is 5.11 Å². The van der Waals surface area contributed by atoms with Gasteiger partial charge in [0.15, 0.2) is 0 Å². The Hall–Kier alpha value is -1.84. The van der Waals surface area contributed by atoms with E-state index in [1.165, 1.54) is 24.3 Å². The van der Waals surface area contributed by atoms with Crippen molar-refractivity contribution in [1.29, 1.82) is 0 Å². The van der Waals surface area contributed by atoms with E-state index in [4.69, 9.17) is 5.11 Å². The largest absolute Gasteiger partial charge is 0.545 e. The number of rotatable bonds is 2. The second-order valence-corrected chi connectivity index (χ2v) is 2.17. The zero-order valence-electron chi connectivity index (χ0n) is 7.98. The highest BCUT2D eigenvalue weighted by molar-refractivity contribution is 5.90. The maximum absolute atomic E-state index is 10.3. The van der Waals surface area contributed by atoms with Gasteiger partial charge in [0.25, 0.3) is 0 Å². The first kappa shape index (κ1) is 12.2. The second-order valence-electron chi connectivity index (χ2n) is 2.17. The number of benzene rings is 1. The Bertz CT molecular complexity index is 280. The molecule has 1 aromatic carbocycles. The van der Waals surface area contributed by atoms with E-state index in [1.54, 1.807) is 0 Å². The minimum atomic E-state index is -1.31. The van der Waals surface area contributed by atoms with Crippen LogP contribution in [0.15, 0.2) is 24.3 Å². The Morgan fingerprint density at radius 3 is 1.71 bits per heavy atom. The second kappa shape index (κ2) is 5.75. The maximum atomic E-state index is 10.3. The van der Waals surface area contributed by atoms with Gasteiger partial charge >= 0.3 is 5.97 Å². The van der Waals surface area contributed by atoms with Gasteiger partial charge in [-0.15, -0.1) is 0 Å². The van der Waals surface area contributed by atoms with Crippen molar-refractivity contribution in [1.82, 2.24) is 0 Å². The summed E-state index contributed by atoms with van der Waals surface area (Å²) in [5.41, 5.74) is 0.0278. The number of hydrogen-bond donors (Lipinski definition) is 1. The standard InChI is InChI=1S/C8H6O4.C2H6/c9-7(10)5-1-2-6(4-3-5)8(11)12;1-2/h1-4H,(H,9,10)(H,11,12);1-2H3/p-1. The zero-order valence-corrected chi connectivity index (χ0v) is 7.98. The van der Waals surface area contributed by atoms with Crippen molar-refractivity contribution in [2.24, 2.45) is 0 Å². The fraction of sp³-hybridized carbons (Fsp3) is 0.200. The summed E-state index contributed by atoms with van der Waals surface area (Å²) in [6.45, 7) is 4.00. The molecule has 0 bridgehead atoms. The molecule has 0 radical (unpaired) electrons. The lowest BCUT2D eigenvalue weighted by Crippen LogP contribution is -2.22. The summed E-state index contributed by atoms with van der Waals surface area (Å²) in [4.78, 5) is 20.5. The lowest BCUT2D eigenvalue weighted by atomic mass is 10.1. The van der Waals surface area contributed by atoms with Crippen LogP contribution in [-0.2, 0) is 0 Å². The molecule has 1 aromatic rings. The first-order valence-electron chi connectivity index (χ1n) is 4.16. The highest BCUT2D eigenvalue weighted by Crippen LogP contribution is 2.02. The molecule has 0 aliphatic heterocycles. The molecule has 0 saturated carbocycles. The van der Waals surface area contributed by atoms with Gasteiger partial charge in [-0.3, -0.25) is 0 Å². The molecule has 0 aliphatic carbocycles. The lowest BCUT2D eigenvalue weighted by Gasteiger charge is -2.00. The van der Waals surface area contributed by atoms with Gasteiger partial charge in [-0.2, -0.15) is 0 Å². The Labute approximate surface area is 81.8 Å². The first-order valence-corrected chi connectivity index (χ1v) is 4.16. The van der Waals surface area contributed by atoms with Crippen LogP contribution in [0, 0.1) is 0 Å². The first-order chi connectivity index (χ1) is 6.61. The van der Waals surface area contributed by atoms with E-state index >= 15 is 0 Å². The molecule has 0 atom stereocenters. The highest BCUT2D eigenvalue weighted by atomic mass is 16.4. The smallest absolute Gasteiger partial charge is 0.335 e. The molecular weight excluding hydrogens is 184 g/mol. The van der Waals surface area contributed by atoms with Crippen LogP contribution in [-0.4, -0.2) is 17.0 Å². The van der Waals surface area contributed by atoms with Gasteiger partial charge in [0.2, 0.25) is 0 Å². The van der Waals surface area contributed by atoms with Crippen molar-refractivity contribution in [3.63, 3.8) is 0 Å². The Morgan fingerprint density at radius 2 is 1.43 bits per heavy atom. The van der Waals surface area contributed by atoms with E-state index in [0.717, 1.165) is 0 Å². The van der Waals surface area contributed by atoms with E-state index in [9.17, 15) is 14.7 Å². The number of aromatic carboxylic acids is 2. The monoisotopic (exact) mass is 195 g/mol. The molecule has 0 aromatic heterocycles. The molecule has 0 fully saturated rings. The Morgan fingerprint density at radius 1 is 1.07 bits per heavy atom. The lowest BCUT2D eigenvalue weighted by molar-refractivity contribution is -0.255. The third-order valence-corrected chi connectivity index (χ3v) is 1.37. The number of carboxylic acid groups (broad SMARTS) is 2. The molecule has 1 rings (SSSR count). The minimum Gasteiger partial charge on any atom is -0.545 e. The minimum absolute atomic E-state index is 0.0278. The van der Waals surface area contributed by atoms with Crippen LogP contribution in [0.3, 0.4) is 0 Å². The van der Waals surface area contributed by atoms with Crippen molar-refractivity contribution in [3.8, 4) is 0 Å². The molecule has 0 unspecified atom stereocenters. The fourth-order valence-corrected chi connectivity index (χ4v) is 0.749. The van der Waals surface area contributed by atoms with E-state index in [0.29, 0.717) is 0 Å². The van der Waals surface area contributed by atoms with E-state index < -0.39 is 11.9 Å². The topological polar surface area (TPSA) is 77.4 Å². The molecule has 14 heavy (non-hydrogen) atoms. The average Bonchev–Trinajstić information content (AvgIpc) is 2.21. The van der Waals surface area contributed by atoms with Crippen LogP contribution in [0.4, 0.5) is 0 Å². The van der Waals surface area contributed by atoms with Crippen molar-refractivity contribution in [3.05, 3.63) is 35.4 Å². The van der Waals surface area contributed by atoms with Gasteiger partial charge in [0.1, 0.15) is 0 Å². The van der Waals surface area contributed by atoms with Crippen LogP contribution in [0.1, 0.15) is 34.6 Å². The quantitative estimate of drug-likeness (QED) is 0.756. The summed E-state index contributed by atoms with van der Waals surface area (Å²) >= 11 is 0. The molecular formula is C10H11O4-. The summed E-state index contributed by atoms with van der Waals surface area (Å²) in [5.74, 6) is -2.40. The fourth-order valence-electron chi connectivity index (χ4n) is 0.749. The van der Waals surface area contributed by atoms with Gasteiger partial charge in [-0.1, -0.05) is 26.0 Å². The third kappa shape index (κ3) is 3.26. The predicted octanol–water partition coefficient (Wildman–Crippen LogP) is 0.774. The predicted molar refractivity (Wildman–Crippen MR) is 49.1 cm³/mol. The van der Waals surface area contributed by atoms with E-state index in [1.807, 2.05) is 13.8 Å². The number of carbonyl (C=O) groups is 2. The summed E-state index contributed by atoms with van der Waals surface area (Å²) in [5, 5.41) is 18.7. The SMILES string of the molecule is CC.O=C([O-])c1ccc(C(=O)O)cc1. The van der Waals surface area contributed by atoms with Crippen LogP contribution >= 0.6 is 0 Å². The molecule has 4 heteroatoms. The summed E-state index contributed by atoms with van der Waals surface area (Å²) in [7, 11) is 0. The normalized spacial score (nSPS) is 8.43. The van der Waals surface area contributed by atoms with Gasteiger partial charge in [0.05, 0.1) is 11.5 Å². The molecule has 0 spiro atoms. The van der Waals surface area contributed by atoms with Crippen LogP contribution in [0.5, 0.6) is 0 Å². The van der Waals surface area contributed by atoms with Crippen LogP contribution in [0.2, 0.25) is 0 Å². The van der Waals surface area contributed by atoms with Crippen molar-refractivity contribution in [2.45, 2.75) is 13.8 Å². The van der Waals surface area contributed by atoms with E-state index in [-0.39, 0.29) is 11.1 Å². The molecule has 1 N–H and O–H groups in total. The van der Waals surface area contributed by atoms with Crippen molar-refractivity contribution < 1.29 is 19.8 Å². The summed E-state index contributed by atoms with van der Waals surface area (Å²) in [6, 6.07) is 4.82. The number of hydrogen-bond acceptors (Lipinski definition) is 3. The number of carbonyl (C=O) groups excluding carboxylic acids is 1. The molecule has 0 heterocycles. The zero-order chi connectivity index (χ0) is 11.1. The highest BCUT2D eigenvalue weighted by Gasteiger charge is 2.00. The Balaban J connectivity index is 0.000000791. The van der Waals surface area contributed by atoms with E-state index in [2.05, 4.69) is 0 Å². The van der Waals surface area contributed by atoms with Crippen molar-refractivity contribution >= 4 is 11.9 Å². The third-order valence-electron chi connectivity index (χ3n) is 1.37. The van der Waals surface area contributed by atoms with Gasteiger partial charge in [-0.25, -0.2) is 4.79 Å². The Kier molecular flexibility index (Phi) is 4.99. The van der Waals surface area contributed by atoms with Crippen LogP contribution in [0.25, 0.3) is 0 Å².